The molecule has 1 N–H and O–H groups in total. The van der Waals surface area contributed by atoms with E-state index in [-0.39, 0.29) is 5.91 Å². The number of anilines is 1. The van der Waals surface area contributed by atoms with E-state index in [0.29, 0.717) is 16.0 Å². The molecule has 2 aromatic rings. The molecule has 0 atom stereocenters. The Hall–Kier alpha value is -1.75. The molecule has 5 heteroatoms. The number of thiophene rings is 1. The quantitative estimate of drug-likeness (QED) is 0.835. The molecule has 0 unspecified atom stereocenters. The summed E-state index contributed by atoms with van der Waals surface area (Å²) in [6.45, 7) is 0. The number of ether oxygens (including phenoxy) is 1. The van der Waals surface area contributed by atoms with Crippen LogP contribution >= 0.6 is 11.3 Å². The van der Waals surface area contributed by atoms with Gasteiger partial charge in [-0.25, -0.2) is 0 Å². The SMILES string of the molecule is [B]c1ccsc1C(=O)Nc1ccc(OC)cc1. The van der Waals surface area contributed by atoms with Gasteiger partial charge in [0.1, 0.15) is 13.6 Å². The summed E-state index contributed by atoms with van der Waals surface area (Å²) in [6, 6.07) is 8.84. The van der Waals surface area contributed by atoms with E-state index < -0.39 is 0 Å². The molecule has 0 saturated heterocycles. The minimum Gasteiger partial charge on any atom is -0.497 e. The Bertz CT molecular complexity index is 522. The highest BCUT2D eigenvalue weighted by Crippen LogP contribution is 2.16. The van der Waals surface area contributed by atoms with Gasteiger partial charge in [0.15, 0.2) is 0 Å². The summed E-state index contributed by atoms with van der Waals surface area (Å²) in [5.74, 6) is 0.557. The van der Waals surface area contributed by atoms with Crippen molar-refractivity contribution < 1.29 is 9.53 Å². The first-order valence-corrected chi connectivity index (χ1v) is 5.87. The highest BCUT2D eigenvalue weighted by molar-refractivity contribution is 7.13. The molecule has 0 fully saturated rings. The third-order valence-electron chi connectivity index (χ3n) is 2.25. The molecule has 2 radical (unpaired) electrons. The maximum Gasteiger partial charge on any atom is 0.265 e. The van der Waals surface area contributed by atoms with Crippen molar-refractivity contribution in [2.24, 2.45) is 0 Å². The van der Waals surface area contributed by atoms with Crippen molar-refractivity contribution in [3.05, 3.63) is 40.6 Å². The number of benzene rings is 1. The molecule has 17 heavy (non-hydrogen) atoms. The molecular weight excluding hydrogens is 233 g/mol. The number of nitrogens with one attached hydrogen (secondary N) is 1. The zero-order valence-electron chi connectivity index (χ0n) is 9.27. The first-order chi connectivity index (χ1) is 8.20. The summed E-state index contributed by atoms with van der Waals surface area (Å²) in [4.78, 5) is 12.4. The maximum absolute atomic E-state index is 11.8. The van der Waals surface area contributed by atoms with Crippen molar-refractivity contribution >= 4 is 36.2 Å². The van der Waals surface area contributed by atoms with Crippen LogP contribution in [0.5, 0.6) is 5.75 Å². The van der Waals surface area contributed by atoms with Gasteiger partial charge in [0.25, 0.3) is 5.91 Å². The van der Waals surface area contributed by atoms with Gasteiger partial charge in [-0.1, -0.05) is 11.5 Å². The number of hydrogen-bond donors (Lipinski definition) is 1. The van der Waals surface area contributed by atoms with Crippen LogP contribution < -0.4 is 15.5 Å². The topological polar surface area (TPSA) is 38.3 Å². The Balaban J connectivity index is 2.10. The van der Waals surface area contributed by atoms with Crippen LogP contribution in [0, 0.1) is 0 Å². The van der Waals surface area contributed by atoms with Crippen molar-refractivity contribution in [1.29, 1.82) is 0 Å². The summed E-state index contributed by atoms with van der Waals surface area (Å²) in [5.41, 5.74) is 1.21. The third-order valence-corrected chi connectivity index (χ3v) is 3.18. The van der Waals surface area contributed by atoms with Gasteiger partial charge < -0.3 is 10.1 Å². The lowest BCUT2D eigenvalue weighted by atomic mass is 9.97. The Morgan fingerprint density at radius 2 is 2.00 bits per heavy atom. The second-order valence-electron chi connectivity index (χ2n) is 3.39. The largest absolute Gasteiger partial charge is 0.497 e. The van der Waals surface area contributed by atoms with Gasteiger partial charge in [-0.15, -0.1) is 11.3 Å². The molecule has 1 heterocycles. The lowest BCUT2D eigenvalue weighted by Crippen LogP contribution is -2.18. The highest BCUT2D eigenvalue weighted by Gasteiger charge is 2.09. The Kier molecular flexibility index (Phi) is 3.49. The zero-order valence-corrected chi connectivity index (χ0v) is 10.1. The van der Waals surface area contributed by atoms with Crippen LogP contribution in [0.3, 0.4) is 0 Å². The van der Waals surface area contributed by atoms with Gasteiger partial charge in [0.2, 0.25) is 0 Å². The minimum atomic E-state index is -0.192. The summed E-state index contributed by atoms with van der Waals surface area (Å²) >= 11 is 1.32. The van der Waals surface area contributed by atoms with Gasteiger partial charge in [-0.05, 0) is 29.6 Å². The molecule has 0 saturated carbocycles. The van der Waals surface area contributed by atoms with Crippen LogP contribution in [0.25, 0.3) is 0 Å². The predicted molar refractivity (Wildman–Crippen MR) is 70.7 cm³/mol. The monoisotopic (exact) mass is 243 g/mol. The molecule has 1 aromatic heterocycles. The van der Waals surface area contributed by atoms with Crippen LogP contribution in [0.2, 0.25) is 0 Å². The van der Waals surface area contributed by atoms with Gasteiger partial charge in [-0.2, -0.15) is 0 Å². The lowest BCUT2D eigenvalue weighted by molar-refractivity contribution is 0.103. The Morgan fingerprint density at radius 1 is 1.29 bits per heavy atom. The smallest absolute Gasteiger partial charge is 0.265 e. The van der Waals surface area contributed by atoms with E-state index in [0.717, 1.165) is 5.75 Å². The first kappa shape index (κ1) is 11.7. The molecular formula is C12H10BNO2S. The molecule has 0 bridgehead atoms. The number of amides is 1. The van der Waals surface area contributed by atoms with Crippen LogP contribution in [0.15, 0.2) is 35.7 Å². The molecule has 84 valence electrons. The van der Waals surface area contributed by atoms with Gasteiger partial charge in [-0.3, -0.25) is 4.79 Å². The van der Waals surface area contributed by atoms with E-state index in [1.165, 1.54) is 11.3 Å². The van der Waals surface area contributed by atoms with Gasteiger partial charge >= 0.3 is 0 Å². The van der Waals surface area contributed by atoms with Crippen molar-refractivity contribution in [3.8, 4) is 5.75 Å². The molecule has 0 aliphatic rings. The van der Waals surface area contributed by atoms with Crippen molar-refractivity contribution in [2.75, 3.05) is 12.4 Å². The summed E-state index contributed by atoms with van der Waals surface area (Å²) < 4.78 is 5.03. The van der Waals surface area contributed by atoms with E-state index in [1.807, 2.05) is 0 Å². The average Bonchev–Trinajstić information content (AvgIpc) is 2.76. The summed E-state index contributed by atoms with van der Waals surface area (Å²) in [6.07, 6.45) is 0. The fraction of sp³-hybridized carbons (Fsp3) is 0.0833. The third kappa shape index (κ3) is 2.68. The van der Waals surface area contributed by atoms with Gasteiger partial charge in [0.05, 0.1) is 12.0 Å². The van der Waals surface area contributed by atoms with E-state index in [4.69, 9.17) is 12.6 Å². The Morgan fingerprint density at radius 3 is 2.53 bits per heavy atom. The zero-order chi connectivity index (χ0) is 12.3. The van der Waals surface area contributed by atoms with Crippen LogP contribution in [0.1, 0.15) is 9.67 Å². The number of hydrogen-bond acceptors (Lipinski definition) is 3. The molecule has 2 rings (SSSR count). The van der Waals surface area contributed by atoms with E-state index in [1.54, 1.807) is 42.8 Å². The van der Waals surface area contributed by atoms with Crippen molar-refractivity contribution in [2.45, 2.75) is 0 Å². The van der Waals surface area contributed by atoms with Crippen LogP contribution in [0.4, 0.5) is 5.69 Å². The fourth-order valence-electron chi connectivity index (χ4n) is 1.37. The summed E-state index contributed by atoms with van der Waals surface area (Å²) in [7, 11) is 7.27. The average molecular weight is 243 g/mol. The number of carbonyl (C=O) groups excluding carboxylic acids is 1. The normalized spacial score (nSPS) is 9.94. The standard InChI is InChI=1S/C12H10BNO2S/c1-16-9-4-2-8(3-5-9)14-12(15)11-10(13)6-7-17-11/h2-7H,1H3,(H,14,15). The van der Waals surface area contributed by atoms with Crippen molar-refractivity contribution in [1.82, 2.24) is 0 Å². The molecule has 1 amide bonds. The van der Waals surface area contributed by atoms with Gasteiger partial charge in [0, 0.05) is 5.69 Å². The molecule has 0 spiro atoms. The fourth-order valence-corrected chi connectivity index (χ4v) is 2.08. The van der Waals surface area contributed by atoms with E-state index in [9.17, 15) is 4.79 Å². The molecule has 1 aromatic carbocycles. The number of rotatable bonds is 3. The number of methoxy groups -OCH3 is 1. The molecule has 0 aliphatic heterocycles. The molecule has 0 aliphatic carbocycles. The maximum atomic E-state index is 11.8. The summed E-state index contributed by atoms with van der Waals surface area (Å²) in [5, 5.41) is 4.56. The second kappa shape index (κ2) is 5.06. The predicted octanol–water partition coefficient (Wildman–Crippen LogP) is 1.80. The second-order valence-corrected chi connectivity index (χ2v) is 4.30. The number of carbonyl (C=O) groups is 1. The van der Waals surface area contributed by atoms with Crippen LogP contribution in [-0.2, 0) is 0 Å². The van der Waals surface area contributed by atoms with Crippen LogP contribution in [-0.4, -0.2) is 20.9 Å². The van der Waals surface area contributed by atoms with E-state index in [2.05, 4.69) is 5.32 Å². The van der Waals surface area contributed by atoms with Crippen molar-refractivity contribution in [3.63, 3.8) is 0 Å². The minimum absolute atomic E-state index is 0.192. The van der Waals surface area contributed by atoms with E-state index >= 15 is 0 Å². The Labute approximate surface area is 105 Å². The molecule has 3 nitrogen and oxygen atoms in total. The lowest BCUT2D eigenvalue weighted by Gasteiger charge is -2.05. The first-order valence-electron chi connectivity index (χ1n) is 4.99. The highest BCUT2D eigenvalue weighted by atomic mass is 32.1.